The number of nitro groups is 1. The molecule has 0 aliphatic carbocycles. The minimum atomic E-state index is -4.00. The Morgan fingerprint density at radius 1 is 1.24 bits per heavy atom. The van der Waals surface area contributed by atoms with E-state index in [1.807, 2.05) is 13.8 Å². The molecule has 1 aliphatic rings. The molecule has 0 fully saturated rings. The summed E-state index contributed by atoms with van der Waals surface area (Å²) in [7, 11) is -1.17. The highest BCUT2D eigenvalue weighted by atomic mass is 32.2. The molecule has 2 aromatic carbocycles. The van der Waals surface area contributed by atoms with Crippen LogP contribution >= 0.6 is 0 Å². The first-order valence-corrected chi connectivity index (χ1v) is 12.2. The molecule has 0 saturated carbocycles. The number of carbonyl (C=O) groups is 1. The van der Waals surface area contributed by atoms with E-state index in [4.69, 9.17) is 14.2 Å². The number of fused-ring (bicyclic) bond motifs is 1. The smallest absolute Gasteiger partial charge is 0.271 e. The lowest BCUT2D eigenvalue weighted by atomic mass is 9.89. The Kier molecular flexibility index (Phi) is 6.92. The number of nitro benzene ring substituents is 1. The first-order chi connectivity index (χ1) is 15.8. The number of carbonyl (C=O) groups excluding carboxylic acids is 1. The van der Waals surface area contributed by atoms with Gasteiger partial charge in [-0.1, -0.05) is 0 Å². The van der Waals surface area contributed by atoms with Crippen LogP contribution in [0.15, 0.2) is 36.4 Å². The van der Waals surface area contributed by atoms with Crippen molar-refractivity contribution in [1.29, 1.82) is 0 Å². The van der Waals surface area contributed by atoms with Gasteiger partial charge in [0, 0.05) is 24.1 Å². The second-order valence-electron chi connectivity index (χ2n) is 8.47. The second kappa shape index (κ2) is 9.37. The molecule has 0 bridgehead atoms. The number of methoxy groups -OCH3 is 2. The van der Waals surface area contributed by atoms with E-state index >= 15 is 0 Å². The highest BCUT2D eigenvalue weighted by Crippen LogP contribution is 2.41. The predicted octanol–water partition coefficient (Wildman–Crippen LogP) is 2.80. The molecule has 0 spiro atoms. The van der Waals surface area contributed by atoms with Gasteiger partial charge in [-0.2, -0.15) is 0 Å². The van der Waals surface area contributed by atoms with Crippen LogP contribution in [-0.4, -0.2) is 51.9 Å². The summed E-state index contributed by atoms with van der Waals surface area (Å²) in [5.41, 5.74) is -0.328. The van der Waals surface area contributed by atoms with Crippen LogP contribution in [0.4, 0.5) is 11.4 Å². The number of ether oxygens (including phenoxy) is 3. The molecule has 1 atom stereocenters. The van der Waals surface area contributed by atoms with E-state index in [9.17, 15) is 23.3 Å². The summed E-state index contributed by atoms with van der Waals surface area (Å²) >= 11 is 0. The fraction of sp³-hybridized carbons (Fsp3) is 0.409. The number of nitrogens with one attached hydrogen (secondary N) is 1. The third-order valence-electron chi connectivity index (χ3n) is 5.34. The van der Waals surface area contributed by atoms with E-state index in [0.717, 1.165) is 16.6 Å². The average molecular weight is 494 g/mol. The van der Waals surface area contributed by atoms with Gasteiger partial charge in [0.1, 0.15) is 35.1 Å². The molecule has 3 rings (SSSR count). The zero-order chi connectivity index (χ0) is 25.3. The molecule has 0 radical (unpaired) electrons. The van der Waals surface area contributed by atoms with E-state index in [2.05, 4.69) is 5.32 Å². The van der Waals surface area contributed by atoms with Crippen LogP contribution in [-0.2, 0) is 14.8 Å². The molecule has 1 unspecified atom stereocenters. The Bertz CT molecular complexity index is 1210. The number of rotatable bonds is 8. The largest absolute Gasteiger partial charge is 0.497 e. The summed E-state index contributed by atoms with van der Waals surface area (Å²) in [5.74, 6) is 0.643. The van der Waals surface area contributed by atoms with Crippen LogP contribution < -0.4 is 23.8 Å². The molecule has 12 heteroatoms. The minimum Gasteiger partial charge on any atom is -0.497 e. The standard InChI is InChI=1S/C22H27N3O8S/c1-22(2)12-17(16-11-15(31-3)7-9-19(16)33-22)23-21(26)13-24(34(5,29)30)18-10-14(25(27)28)6-8-20(18)32-4/h6-11,17H,12-13H2,1-5H3,(H,23,26). The molecule has 1 aliphatic heterocycles. The summed E-state index contributed by atoms with van der Waals surface area (Å²) < 4.78 is 42.4. The van der Waals surface area contributed by atoms with E-state index in [1.54, 1.807) is 18.2 Å². The average Bonchev–Trinajstić information content (AvgIpc) is 2.75. The highest BCUT2D eigenvalue weighted by molar-refractivity contribution is 7.92. The normalized spacial score (nSPS) is 16.6. The lowest BCUT2D eigenvalue weighted by Crippen LogP contribution is -2.45. The van der Waals surface area contributed by atoms with E-state index in [-0.39, 0.29) is 17.1 Å². The highest BCUT2D eigenvalue weighted by Gasteiger charge is 2.36. The molecule has 2 aromatic rings. The van der Waals surface area contributed by atoms with Crippen molar-refractivity contribution in [3.8, 4) is 17.2 Å². The molecule has 1 N–H and O–H groups in total. The Hall–Kier alpha value is -3.54. The van der Waals surface area contributed by atoms with Gasteiger partial charge >= 0.3 is 0 Å². The van der Waals surface area contributed by atoms with Gasteiger partial charge in [0.15, 0.2) is 0 Å². The van der Waals surface area contributed by atoms with Gasteiger partial charge in [-0.15, -0.1) is 0 Å². The van der Waals surface area contributed by atoms with Crippen LogP contribution in [0.2, 0.25) is 0 Å². The van der Waals surface area contributed by atoms with Gasteiger partial charge in [-0.3, -0.25) is 19.2 Å². The van der Waals surface area contributed by atoms with Gasteiger partial charge in [-0.05, 0) is 38.1 Å². The molecule has 184 valence electrons. The van der Waals surface area contributed by atoms with E-state index in [1.165, 1.54) is 26.4 Å². The maximum Gasteiger partial charge on any atom is 0.271 e. The van der Waals surface area contributed by atoms with E-state index in [0.29, 0.717) is 23.5 Å². The van der Waals surface area contributed by atoms with Crippen LogP contribution in [0.25, 0.3) is 0 Å². The third-order valence-corrected chi connectivity index (χ3v) is 6.47. The van der Waals surface area contributed by atoms with Gasteiger partial charge < -0.3 is 19.5 Å². The van der Waals surface area contributed by atoms with Crippen molar-refractivity contribution in [2.75, 3.05) is 31.3 Å². The number of amides is 1. The van der Waals surface area contributed by atoms with Crippen molar-refractivity contribution in [1.82, 2.24) is 5.32 Å². The van der Waals surface area contributed by atoms with Crippen LogP contribution in [0, 0.1) is 10.1 Å². The van der Waals surface area contributed by atoms with Crippen LogP contribution in [0.5, 0.6) is 17.2 Å². The first kappa shape index (κ1) is 25.1. The summed E-state index contributed by atoms with van der Waals surface area (Å²) in [6.45, 7) is 3.17. The van der Waals surface area contributed by atoms with Gasteiger partial charge in [-0.25, -0.2) is 8.42 Å². The van der Waals surface area contributed by atoms with E-state index < -0.39 is 39.0 Å². The van der Waals surface area contributed by atoms with Crippen molar-refractivity contribution >= 4 is 27.3 Å². The molecule has 1 amide bonds. The minimum absolute atomic E-state index is 0.0751. The number of sulfonamides is 1. The van der Waals surface area contributed by atoms with Gasteiger partial charge in [0.2, 0.25) is 15.9 Å². The summed E-state index contributed by atoms with van der Waals surface area (Å²) in [6.07, 6.45) is 1.34. The molecule has 0 saturated heterocycles. The molecule has 1 heterocycles. The Morgan fingerprint density at radius 2 is 1.94 bits per heavy atom. The number of hydrogen-bond acceptors (Lipinski definition) is 8. The van der Waals surface area contributed by atoms with Crippen molar-refractivity contribution < 1.29 is 32.3 Å². The van der Waals surface area contributed by atoms with Crippen LogP contribution in [0.3, 0.4) is 0 Å². The second-order valence-corrected chi connectivity index (χ2v) is 10.4. The maximum absolute atomic E-state index is 13.1. The van der Waals surface area contributed by atoms with Crippen molar-refractivity contribution in [3.63, 3.8) is 0 Å². The van der Waals surface area contributed by atoms with Crippen molar-refractivity contribution in [2.24, 2.45) is 0 Å². The number of hydrogen-bond donors (Lipinski definition) is 1. The van der Waals surface area contributed by atoms with Gasteiger partial charge in [0.05, 0.1) is 31.4 Å². The number of non-ortho nitro benzene ring substituents is 1. The van der Waals surface area contributed by atoms with Gasteiger partial charge in [0.25, 0.3) is 5.69 Å². The monoisotopic (exact) mass is 493 g/mol. The number of nitrogens with zero attached hydrogens (tertiary/aromatic N) is 2. The van der Waals surface area contributed by atoms with Crippen LogP contribution in [0.1, 0.15) is 31.9 Å². The first-order valence-electron chi connectivity index (χ1n) is 10.3. The zero-order valence-electron chi connectivity index (χ0n) is 19.5. The van der Waals surface area contributed by atoms with Crippen molar-refractivity contribution in [2.45, 2.75) is 31.9 Å². The zero-order valence-corrected chi connectivity index (χ0v) is 20.3. The summed E-state index contributed by atoms with van der Waals surface area (Å²) in [6, 6.07) is 8.32. The molecule has 11 nitrogen and oxygen atoms in total. The fourth-order valence-corrected chi connectivity index (χ4v) is 4.68. The SMILES string of the molecule is COc1ccc2c(c1)C(NC(=O)CN(c1cc([N+](=O)[O-])ccc1OC)S(C)(=O)=O)CC(C)(C)O2. The van der Waals surface area contributed by atoms with Crippen molar-refractivity contribution in [3.05, 3.63) is 52.1 Å². The quantitative estimate of drug-likeness (QED) is 0.438. The third kappa shape index (κ3) is 5.50. The molecule has 34 heavy (non-hydrogen) atoms. The fourth-order valence-electron chi connectivity index (χ4n) is 3.83. The molecular weight excluding hydrogens is 466 g/mol. The summed E-state index contributed by atoms with van der Waals surface area (Å²) in [5, 5.41) is 14.1. The predicted molar refractivity (Wildman–Crippen MR) is 125 cm³/mol. The Balaban J connectivity index is 1.93. The molecular formula is C22H27N3O8S. The maximum atomic E-state index is 13.1. The molecule has 0 aromatic heterocycles. The lowest BCUT2D eigenvalue weighted by Gasteiger charge is -2.38. The topological polar surface area (TPSA) is 137 Å². The summed E-state index contributed by atoms with van der Waals surface area (Å²) in [4.78, 5) is 23.7. The number of anilines is 1. The Morgan fingerprint density at radius 3 is 2.53 bits per heavy atom. The number of benzene rings is 2. The Labute approximate surface area is 197 Å². The lowest BCUT2D eigenvalue weighted by molar-refractivity contribution is -0.384.